The minimum absolute atomic E-state index is 0.524. The molecule has 0 saturated heterocycles. The molecule has 0 unspecified atom stereocenters. The molecule has 0 radical (unpaired) electrons. The zero-order chi connectivity index (χ0) is 8.32. The molecule has 0 amide bonds. The van der Waals surface area contributed by atoms with Gasteiger partial charge in [-0.1, -0.05) is 26.7 Å². The average Bonchev–Trinajstić information content (AvgIpc) is 2.36. The van der Waals surface area contributed by atoms with Crippen molar-refractivity contribution in [2.24, 2.45) is 11.3 Å². The van der Waals surface area contributed by atoms with Crippen molar-refractivity contribution in [3.05, 3.63) is 0 Å². The maximum Gasteiger partial charge on any atom is 0.0280 e. The van der Waals surface area contributed by atoms with E-state index in [9.17, 15) is 0 Å². The van der Waals surface area contributed by atoms with E-state index in [4.69, 9.17) is 11.6 Å². The highest BCUT2D eigenvalue weighted by Gasteiger charge is 2.33. The Morgan fingerprint density at radius 3 is 2.18 bits per heavy atom. The molecule has 1 rings (SSSR count). The first-order valence-corrected chi connectivity index (χ1v) is 5.28. The second kappa shape index (κ2) is 3.80. The first kappa shape index (κ1) is 9.38. The van der Waals surface area contributed by atoms with Crippen LogP contribution in [0.2, 0.25) is 0 Å². The lowest BCUT2D eigenvalue weighted by Gasteiger charge is -2.28. The lowest BCUT2D eigenvalue weighted by atomic mass is 9.80. The summed E-state index contributed by atoms with van der Waals surface area (Å²) in [5.41, 5.74) is 0.524. The van der Waals surface area contributed by atoms with Crippen molar-refractivity contribution in [3.8, 4) is 0 Å². The molecule has 66 valence electrons. The third kappa shape index (κ3) is 2.37. The van der Waals surface area contributed by atoms with Crippen molar-refractivity contribution in [3.63, 3.8) is 0 Å². The topological polar surface area (TPSA) is 0 Å². The predicted octanol–water partition coefficient (Wildman–Crippen LogP) is 3.83. The molecule has 0 nitrogen and oxygen atoms in total. The average molecular weight is 175 g/mol. The van der Waals surface area contributed by atoms with Crippen molar-refractivity contribution in [1.29, 1.82) is 0 Å². The summed E-state index contributed by atoms with van der Waals surface area (Å²) in [6, 6.07) is 0. The standard InChI is InChI=1S/C10H19Cl/c1-9(2)7-10(8-11)5-3-4-6-10/h9H,3-8H2,1-2H3. The second-order valence-electron chi connectivity index (χ2n) is 4.44. The van der Waals surface area contributed by atoms with Crippen LogP contribution in [0.3, 0.4) is 0 Å². The van der Waals surface area contributed by atoms with Crippen molar-refractivity contribution in [1.82, 2.24) is 0 Å². The number of hydrogen-bond acceptors (Lipinski definition) is 0. The van der Waals surface area contributed by atoms with E-state index < -0.39 is 0 Å². The molecule has 1 heteroatoms. The number of rotatable bonds is 3. The Balaban J connectivity index is 2.45. The Morgan fingerprint density at radius 1 is 1.27 bits per heavy atom. The molecule has 0 aromatic carbocycles. The Hall–Kier alpha value is 0.290. The summed E-state index contributed by atoms with van der Waals surface area (Å²) in [5.74, 6) is 1.69. The monoisotopic (exact) mass is 174 g/mol. The number of alkyl halides is 1. The highest BCUT2D eigenvalue weighted by molar-refractivity contribution is 6.18. The molecule has 0 atom stereocenters. The molecule has 0 spiro atoms. The van der Waals surface area contributed by atoms with Gasteiger partial charge in [0.25, 0.3) is 0 Å². The second-order valence-corrected chi connectivity index (χ2v) is 4.71. The largest absolute Gasteiger partial charge is 0.126 e. The molecule has 0 bridgehead atoms. The van der Waals surface area contributed by atoms with Gasteiger partial charge < -0.3 is 0 Å². The van der Waals surface area contributed by atoms with E-state index in [-0.39, 0.29) is 0 Å². The first-order valence-electron chi connectivity index (χ1n) is 4.74. The minimum Gasteiger partial charge on any atom is -0.126 e. The number of halogens is 1. The van der Waals surface area contributed by atoms with Crippen LogP contribution in [0.25, 0.3) is 0 Å². The molecule has 0 aromatic rings. The fraction of sp³-hybridized carbons (Fsp3) is 1.00. The quantitative estimate of drug-likeness (QED) is 0.571. The van der Waals surface area contributed by atoms with Crippen LogP contribution in [0.5, 0.6) is 0 Å². The van der Waals surface area contributed by atoms with Gasteiger partial charge in [-0.3, -0.25) is 0 Å². The highest BCUT2D eigenvalue weighted by Crippen LogP contribution is 2.43. The minimum atomic E-state index is 0.524. The maximum absolute atomic E-state index is 6.01. The highest BCUT2D eigenvalue weighted by atomic mass is 35.5. The molecule has 0 N–H and O–H groups in total. The van der Waals surface area contributed by atoms with Gasteiger partial charge in [-0.05, 0) is 30.6 Å². The lowest BCUT2D eigenvalue weighted by molar-refractivity contribution is 0.270. The molecule has 1 fully saturated rings. The summed E-state index contributed by atoms with van der Waals surface area (Å²) >= 11 is 6.01. The third-order valence-corrected chi connectivity index (χ3v) is 3.36. The van der Waals surface area contributed by atoms with Crippen molar-refractivity contribution < 1.29 is 0 Å². The first-order chi connectivity index (χ1) is 5.18. The molecule has 0 heterocycles. The number of hydrogen-bond donors (Lipinski definition) is 0. The smallest absolute Gasteiger partial charge is 0.0280 e. The lowest BCUT2D eigenvalue weighted by Crippen LogP contribution is -2.20. The third-order valence-electron chi connectivity index (χ3n) is 2.79. The van der Waals surface area contributed by atoms with Gasteiger partial charge in [0.05, 0.1) is 0 Å². The van der Waals surface area contributed by atoms with Crippen LogP contribution in [-0.2, 0) is 0 Å². The molecular weight excluding hydrogens is 156 g/mol. The van der Waals surface area contributed by atoms with Crippen LogP contribution in [0, 0.1) is 11.3 Å². The van der Waals surface area contributed by atoms with E-state index in [1.807, 2.05) is 0 Å². The van der Waals surface area contributed by atoms with Gasteiger partial charge in [-0.15, -0.1) is 11.6 Å². The maximum atomic E-state index is 6.01. The van der Waals surface area contributed by atoms with Crippen molar-refractivity contribution in [2.45, 2.75) is 46.0 Å². The van der Waals surface area contributed by atoms with Crippen molar-refractivity contribution in [2.75, 3.05) is 5.88 Å². The van der Waals surface area contributed by atoms with Gasteiger partial charge >= 0.3 is 0 Å². The van der Waals surface area contributed by atoms with Gasteiger partial charge in [0.1, 0.15) is 0 Å². The molecule has 0 aromatic heterocycles. The van der Waals surface area contributed by atoms with Crippen LogP contribution >= 0.6 is 11.6 Å². The fourth-order valence-corrected chi connectivity index (χ4v) is 2.76. The normalized spacial score (nSPS) is 22.9. The summed E-state index contributed by atoms with van der Waals surface area (Å²) in [6.07, 6.45) is 6.87. The van der Waals surface area contributed by atoms with Crippen LogP contribution in [0.4, 0.5) is 0 Å². The van der Waals surface area contributed by atoms with Crippen LogP contribution in [-0.4, -0.2) is 5.88 Å². The zero-order valence-electron chi connectivity index (χ0n) is 7.70. The summed E-state index contributed by atoms with van der Waals surface area (Å²) in [5, 5.41) is 0. The Morgan fingerprint density at radius 2 is 1.82 bits per heavy atom. The molecule has 0 aliphatic heterocycles. The Labute approximate surface area is 75.3 Å². The summed E-state index contributed by atoms with van der Waals surface area (Å²) in [7, 11) is 0. The Bertz CT molecular complexity index is 112. The van der Waals surface area contributed by atoms with Crippen molar-refractivity contribution >= 4 is 11.6 Å². The predicted molar refractivity (Wildman–Crippen MR) is 51.1 cm³/mol. The summed E-state index contributed by atoms with van der Waals surface area (Å²) < 4.78 is 0. The van der Waals surface area contributed by atoms with Gasteiger partial charge in [-0.25, -0.2) is 0 Å². The van der Waals surface area contributed by atoms with Crippen LogP contribution in [0.15, 0.2) is 0 Å². The van der Waals surface area contributed by atoms with Crippen LogP contribution < -0.4 is 0 Å². The summed E-state index contributed by atoms with van der Waals surface area (Å²) in [6.45, 7) is 4.60. The van der Waals surface area contributed by atoms with Crippen LogP contribution in [0.1, 0.15) is 46.0 Å². The van der Waals surface area contributed by atoms with E-state index in [0.717, 1.165) is 11.8 Å². The zero-order valence-corrected chi connectivity index (χ0v) is 8.45. The van der Waals surface area contributed by atoms with Gasteiger partial charge in [0.15, 0.2) is 0 Å². The van der Waals surface area contributed by atoms with E-state index >= 15 is 0 Å². The van der Waals surface area contributed by atoms with E-state index in [1.54, 1.807) is 0 Å². The molecule has 1 aliphatic rings. The van der Waals surface area contributed by atoms with Gasteiger partial charge in [0, 0.05) is 5.88 Å². The fourth-order valence-electron chi connectivity index (χ4n) is 2.38. The van der Waals surface area contributed by atoms with E-state index in [1.165, 1.54) is 32.1 Å². The van der Waals surface area contributed by atoms with Gasteiger partial charge in [-0.2, -0.15) is 0 Å². The van der Waals surface area contributed by atoms with E-state index in [0.29, 0.717) is 5.41 Å². The molecule has 11 heavy (non-hydrogen) atoms. The molecule has 1 saturated carbocycles. The molecular formula is C10H19Cl. The SMILES string of the molecule is CC(C)CC1(CCl)CCCC1. The summed E-state index contributed by atoms with van der Waals surface area (Å²) in [4.78, 5) is 0. The Kier molecular flexibility index (Phi) is 3.24. The van der Waals surface area contributed by atoms with E-state index in [2.05, 4.69) is 13.8 Å². The van der Waals surface area contributed by atoms with Gasteiger partial charge in [0.2, 0.25) is 0 Å². The molecule has 1 aliphatic carbocycles.